The Labute approximate surface area is 131 Å². The minimum absolute atomic E-state index is 0.0703. The lowest BCUT2D eigenvalue weighted by Gasteiger charge is -2.30. The second kappa shape index (κ2) is 6.34. The van der Waals surface area contributed by atoms with E-state index in [9.17, 15) is 13.2 Å². The molecule has 0 unspecified atom stereocenters. The normalized spacial score (nSPS) is 20.7. The van der Waals surface area contributed by atoms with Crippen LogP contribution in [0.4, 0.5) is 0 Å². The van der Waals surface area contributed by atoms with Crippen molar-refractivity contribution in [2.45, 2.75) is 30.6 Å². The largest absolute Gasteiger partial charge is 0.356 e. The molecule has 1 aromatic heterocycles. The number of nitrogens with zero attached hydrogens (tertiary/aromatic N) is 2. The van der Waals surface area contributed by atoms with E-state index < -0.39 is 10.0 Å². The molecule has 2 aliphatic rings. The number of hydrogen-bond donors (Lipinski definition) is 1. The van der Waals surface area contributed by atoms with Gasteiger partial charge in [-0.25, -0.2) is 8.42 Å². The SMILES string of the molecule is O=C(NCC1CC1)C1CCN(S(=O)(=O)c2cccnc2)CC1. The Bertz CT molecular complexity index is 621. The topological polar surface area (TPSA) is 79.4 Å². The maximum absolute atomic E-state index is 12.5. The zero-order valence-electron chi connectivity index (χ0n) is 12.4. The van der Waals surface area contributed by atoms with Gasteiger partial charge in [-0.3, -0.25) is 9.78 Å². The van der Waals surface area contributed by atoms with Crippen LogP contribution in [0, 0.1) is 11.8 Å². The molecule has 2 fully saturated rings. The number of piperidine rings is 1. The molecular formula is C15H21N3O3S. The van der Waals surface area contributed by atoms with Crippen molar-refractivity contribution in [3.05, 3.63) is 24.5 Å². The summed E-state index contributed by atoms with van der Waals surface area (Å²) >= 11 is 0. The summed E-state index contributed by atoms with van der Waals surface area (Å²) in [6.45, 7) is 1.55. The molecule has 22 heavy (non-hydrogen) atoms. The molecule has 1 amide bonds. The van der Waals surface area contributed by atoms with E-state index in [1.807, 2.05) is 0 Å². The first-order valence-electron chi connectivity index (χ1n) is 7.75. The van der Waals surface area contributed by atoms with Crippen LogP contribution < -0.4 is 5.32 Å². The van der Waals surface area contributed by atoms with Crippen LogP contribution in [0.5, 0.6) is 0 Å². The van der Waals surface area contributed by atoms with E-state index in [1.165, 1.54) is 23.3 Å². The van der Waals surface area contributed by atoms with E-state index in [-0.39, 0.29) is 16.7 Å². The lowest BCUT2D eigenvalue weighted by molar-refractivity contribution is -0.126. The predicted octanol–water partition coefficient (Wildman–Crippen LogP) is 1.01. The first-order valence-corrected chi connectivity index (χ1v) is 9.19. The van der Waals surface area contributed by atoms with E-state index in [0.29, 0.717) is 31.8 Å². The molecule has 0 aromatic carbocycles. The van der Waals surface area contributed by atoms with Gasteiger partial charge in [-0.2, -0.15) is 4.31 Å². The van der Waals surface area contributed by atoms with E-state index in [1.54, 1.807) is 18.3 Å². The van der Waals surface area contributed by atoms with Gasteiger partial charge in [0.15, 0.2) is 0 Å². The molecule has 7 heteroatoms. The van der Waals surface area contributed by atoms with Crippen molar-refractivity contribution < 1.29 is 13.2 Å². The summed E-state index contributed by atoms with van der Waals surface area (Å²) in [7, 11) is -3.49. The van der Waals surface area contributed by atoms with Gasteiger partial charge < -0.3 is 5.32 Å². The summed E-state index contributed by atoms with van der Waals surface area (Å²) in [5, 5.41) is 2.98. The third kappa shape index (κ3) is 3.47. The molecule has 1 saturated carbocycles. The highest BCUT2D eigenvalue weighted by molar-refractivity contribution is 7.89. The highest BCUT2D eigenvalue weighted by Gasteiger charge is 2.32. The summed E-state index contributed by atoms with van der Waals surface area (Å²) < 4.78 is 26.4. The minimum Gasteiger partial charge on any atom is -0.356 e. The van der Waals surface area contributed by atoms with Crippen LogP contribution in [0.25, 0.3) is 0 Å². The Balaban J connectivity index is 1.55. The van der Waals surface area contributed by atoms with Gasteiger partial charge in [0.25, 0.3) is 0 Å². The van der Waals surface area contributed by atoms with Gasteiger partial charge in [0, 0.05) is 37.9 Å². The fourth-order valence-corrected chi connectivity index (χ4v) is 4.15. The van der Waals surface area contributed by atoms with Crippen molar-refractivity contribution in [3.8, 4) is 0 Å². The Kier molecular flexibility index (Phi) is 4.44. The molecular weight excluding hydrogens is 302 g/mol. The molecule has 0 bridgehead atoms. The third-order valence-corrected chi connectivity index (χ3v) is 6.24. The molecule has 1 aliphatic heterocycles. The molecule has 1 aromatic rings. The van der Waals surface area contributed by atoms with Gasteiger partial charge in [-0.15, -0.1) is 0 Å². The quantitative estimate of drug-likeness (QED) is 0.877. The van der Waals surface area contributed by atoms with Crippen LogP contribution in [0.3, 0.4) is 0 Å². The zero-order chi connectivity index (χ0) is 15.6. The molecule has 6 nitrogen and oxygen atoms in total. The number of carbonyl (C=O) groups is 1. The first kappa shape index (κ1) is 15.4. The molecule has 0 radical (unpaired) electrons. The monoisotopic (exact) mass is 323 g/mol. The van der Waals surface area contributed by atoms with Crippen LogP contribution in [0.2, 0.25) is 0 Å². The van der Waals surface area contributed by atoms with Crippen molar-refractivity contribution >= 4 is 15.9 Å². The van der Waals surface area contributed by atoms with Crippen molar-refractivity contribution in [3.63, 3.8) is 0 Å². The number of pyridine rings is 1. The standard InChI is InChI=1S/C15H21N3O3S/c19-15(17-10-12-3-4-12)13-5-8-18(9-6-13)22(20,21)14-2-1-7-16-11-14/h1-2,7,11-13H,3-6,8-10H2,(H,17,19). The highest BCUT2D eigenvalue weighted by Crippen LogP contribution is 2.28. The van der Waals surface area contributed by atoms with Crippen molar-refractivity contribution in [1.82, 2.24) is 14.6 Å². The summed E-state index contributed by atoms with van der Waals surface area (Å²) in [5.41, 5.74) is 0. The number of sulfonamides is 1. The van der Waals surface area contributed by atoms with Crippen LogP contribution in [-0.4, -0.2) is 43.2 Å². The molecule has 120 valence electrons. The summed E-state index contributed by atoms with van der Waals surface area (Å²) in [6.07, 6.45) is 6.50. The maximum atomic E-state index is 12.5. The molecule has 3 rings (SSSR count). The van der Waals surface area contributed by atoms with Crippen LogP contribution in [0.15, 0.2) is 29.4 Å². The number of carbonyl (C=O) groups excluding carboxylic acids is 1. The fourth-order valence-electron chi connectivity index (χ4n) is 2.72. The lowest BCUT2D eigenvalue weighted by Crippen LogP contribution is -2.43. The van der Waals surface area contributed by atoms with Crippen molar-refractivity contribution in [1.29, 1.82) is 0 Å². The number of nitrogens with one attached hydrogen (secondary N) is 1. The van der Waals surface area contributed by atoms with Crippen LogP contribution in [0.1, 0.15) is 25.7 Å². The van der Waals surface area contributed by atoms with E-state index in [4.69, 9.17) is 0 Å². The van der Waals surface area contributed by atoms with Gasteiger partial charge in [0.2, 0.25) is 15.9 Å². The summed E-state index contributed by atoms with van der Waals surface area (Å²) in [4.78, 5) is 16.1. The third-order valence-electron chi connectivity index (χ3n) is 4.36. The summed E-state index contributed by atoms with van der Waals surface area (Å²) in [5.74, 6) is 0.666. The van der Waals surface area contributed by atoms with E-state index >= 15 is 0 Å². The average molecular weight is 323 g/mol. The van der Waals surface area contributed by atoms with Gasteiger partial charge in [-0.1, -0.05) is 0 Å². The van der Waals surface area contributed by atoms with E-state index in [2.05, 4.69) is 10.3 Å². The smallest absolute Gasteiger partial charge is 0.244 e. The Morgan fingerprint density at radius 2 is 2.00 bits per heavy atom. The Hall–Kier alpha value is -1.47. The maximum Gasteiger partial charge on any atom is 0.244 e. The molecule has 1 N–H and O–H groups in total. The van der Waals surface area contributed by atoms with Gasteiger partial charge >= 0.3 is 0 Å². The van der Waals surface area contributed by atoms with Crippen molar-refractivity contribution in [2.24, 2.45) is 11.8 Å². The zero-order valence-corrected chi connectivity index (χ0v) is 13.3. The van der Waals surface area contributed by atoms with E-state index in [0.717, 1.165) is 6.54 Å². The van der Waals surface area contributed by atoms with Gasteiger partial charge in [0.1, 0.15) is 4.90 Å². The van der Waals surface area contributed by atoms with Gasteiger partial charge in [0.05, 0.1) is 0 Å². The second-order valence-electron chi connectivity index (χ2n) is 6.06. The highest BCUT2D eigenvalue weighted by atomic mass is 32.2. The molecule has 1 aliphatic carbocycles. The second-order valence-corrected chi connectivity index (χ2v) is 7.99. The molecule has 0 atom stereocenters. The van der Waals surface area contributed by atoms with Gasteiger partial charge in [-0.05, 0) is 43.7 Å². The molecule has 2 heterocycles. The number of aromatic nitrogens is 1. The molecule has 0 spiro atoms. The first-order chi connectivity index (χ1) is 10.6. The average Bonchev–Trinajstić information content (AvgIpc) is 3.38. The Morgan fingerprint density at radius 1 is 1.27 bits per heavy atom. The number of amides is 1. The number of rotatable bonds is 5. The fraction of sp³-hybridized carbons (Fsp3) is 0.600. The van der Waals surface area contributed by atoms with Crippen molar-refractivity contribution in [2.75, 3.05) is 19.6 Å². The summed E-state index contributed by atoms with van der Waals surface area (Å²) in [6, 6.07) is 3.17. The minimum atomic E-state index is -3.49. The number of hydrogen-bond acceptors (Lipinski definition) is 4. The predicted molar refractivity (Wildman–Crippen MR) is 81.5 cm³/mol. The van der Waals surface area contributed by atoms with Crippen LogP contribution in [-0.2, 0) is 14.8 Å². The Morgan fingerprint density at radius 3 is 2.59 bits per heavy atom. The lowest BCUT2D eigenvalue weighted by atomic mass is 9.97. The van der Waals surface area contributed by atoms with Crippen LogP contribution >= 0.6 is 0 Å². The molecule has 1 saturated heterocycles.